The number of thioether (sulfide) groups is 1. The number of aromatic nitrogens is 6. The summed E-state index contributed by atoms with van der Waals surface area (Å²) in [6, 6.07) is 15.6. The van der Waals surface area contributed by atoms with Crippen LogP contribution >= 0.6 is 11.8 Å². The Kier molecular flexibility index (Phi) is 5.36. The number of amides is 1. The molecule has 0 radical (unpaired) electrons. The van der Waals surface area contributed by atoms with Gasteiger partial charge in [0.15, 0.2) is 0 Å². The van der Waals surface area contributed by atoms with E-state index in [0.29, 0.717) is 36.3 Å². The van der Waals surface area contributed by atoms with E-state index in [0.717, 1.165) is 27.9 Å². The van der Waals surface area contributed by atoms with E-state index in [1.165, 1.54) is 11.8 Å². The molecule has 0 aliphatic heterocycles. The van der Waals surface area contributed by atoms with E-state index in [9.17, 15) is 4.79 Å². The number of H-pyrrole nitrogens is 2. The molecular formula is C21H19N7O2S. The zero-order valence-corrected chi connectivity index (χ0v) is 17.3. The minimum absolute atomic E-state index is 0.132. The average molecular weight is 433 g/mol. The number of benzene rings is 2. The third-order valence-corrected chi connectivity index (χ3v) is 5.50. The van der Waals surface area contributed by atoms with Crippen LogP contribution in [0.5, 0.6) is 0 Å². The quantitative estimate of drug-likeness (QED) is 0.321. The minimum Gasteiger partial charge on any atom is -0.416 e. The topological polar surface area (TPSA) is 125 Å². The zero-order chi connectivity index (χ0) is 21.0. The van der Waals surface area contributed by atoms with Gasteiger partial charge in [-0.15, -0.1) is 10.2 Å². The predicted molar refractivity (Wildman–Crippen MR) is 116 cm³/mol. The van der Waals surface area contributed by atoms with E-state index in [4.69, 9.17) is 4.42 Å². The molecule has 31 heavy (non-hydrogen) atoms. The Labute approximate surface area is 181 Å². The summed E-state index contributed by atoms with van der Waals surface area (Å²) in [6.45, 7) is 0.334. The molecule has 10 heteroatoms. The standard InChI is InChI=1S/C21H19N7O2S/c29-19(22-11-18-25-15-7-3-4-8-16(15)26-18)12-31-21-28-27-20(30-21)10-9-17-23-13-5-1-2-6-14(13)24-17/h1-8H,9-12H2,(H,22,29)(H,23,24)(H,25,26). The van der Waals surface area contributed by atoms with Crippen molar-refractivity contribution in [3.63, 3.8) is 0 Å². The highest BCUT2D eigenvalue weighted by Crippen LogP contribution is 2.17. The Hall–Kier alpha value is -3.66. The van der Waals surface area contributed by atoms with E-state index in [1.54, 1.807) is 0 Å². The molecule has 0 aliphatic rings. The summed E-state index contributed by atoms with van der Waals surface area (Å²) >= 11 is 1.21. The fraction of sp³-hybridized carbons (Fsp3) is 0.190. The summed E-state index contributed by atoms with van der Waals surface area (Å²) < 4.78 is 5.63. The second-order valence-corrected chi connectivity index (χ2v) is 7.85. The molecule has 1 amide bonds. The SMILES string of the molecule is O=C(CSc1nnc(CCc2nc3ccccc3[nH]2)o1)NCc1nc2ccccc2[nH]1. The number of nitrogens with one attached hydrogen (secondary N) is 3. The van der Waals surface area contributed by atoms with E-state index in [1.807, 2.05) is 48.5 Å². The molecule has 3 N–H and O–H groups in total. The highest BCUT2D eigenvalue weighted by atomic mass is 32.2. The van der Waals surface area contributed by atoms with Crippen LogP contribution in [0.1, 0.15) is 17.5 Å². The lowest BCUT2D eigenvalue weighted by atomic mass is 10.3. The van der Waals surface area contributed by atoms with Gasteiger partial charge >= 0.3 is 0 Å². The fourth-order valence-electron chi connectivity index (χ4n) is 3.20. The molecule has 0 fully saturated rings. The zero-order valence-electron chi connectivity index (χ0n) is 16.5. The van der Waals surface area contributed by atoms with E-state index < -0.39 is 0 Å². The molecule has 0 saturated heterocycles. The van der Waals surface area contributed by atoms with Crippen molar-refractivity contribution in [3.05, 3.63) is 66.1 Å². The van der Waals surface area contributed by atoms with Gasteiger partial charge in [-0.05, 0) is 24.3 Å². The van der Waals surface area contributed by atoms with Crippen molar-refractivity contribution in [3.8, 4) is 0 Å². The molecule has 0 aliphatic carbocycles. The number of fused-ring (bicyclic) bond motifs is 2. The first-order valence-electron chi connectivity index (χ1n) is 9.82. The Balaban J connectivity index is 1.09. The second kappa shape index (κ2) is 8.60. The van der Waals surface area contributed by atoms with Crippen LogP contribution in [-0.2, 0) is 24.2 Å². The number of para-hydroxylation sites is 4. The van der Waals surface area contributed by atoms with Gasteiger partial charge in [0, 0.05) is 12.8 Å². The van der Waals surface area contributed by atoms with Crippen molar-refractivity contribution < 1.29 is 9.21 Å². The van der Waals surface area contributed by atoms with E-state index >= 15 is 0 Å². The molecule has 0 spiro atoms. The number of aromatic amines is 2. The summed E-state index contributed by atoms with van der Waals surface area (Å²) in [6.07, 6.45) is 1.24. The first-order valence-corrected chi connectivity index (χ1v) is 10.8. The number of hydrogen-bond donors (Lipinski definition) is 3. The lowest BCUT2D eigenvalue weighted by Crippen LogP contribution is -2.25. The summed E-state index contributed by atoms with van der Waals surface area (Å²) in [5.74, 6) is 2.16. The van der Waals surface area contributed by atoms with Crippen LogP contribution in [0.4, 0.5) is 0 Å². The molecule has 3 heterocycles. The van der Waals surface area contributed by atoms with Gasteiger partial charge in [-0.3, -0.25) is 4.79 Å². The number of imidazole rings is 2. The third kappa shape index (κ3) is 4.58. The maximum atomic E-state index is 12.1. The first kappa shape index (κ1) is 19.3. The number of rotatable bonds is 8. The second-order valence-electron chi connectivity index (χ2n) is 6.93. The van der Waals surface area contributed by atoms with E-state index in [2.05, 4.69) is 35.5 Å². The number of aryl methyl sites for hydroxylation is 2. The summed E-state index contributed by atoms with van der Waals surface area (Å²) in [5.41, 5.74) is 3.77. The molecule has 5 rings (SSSR count). The molecular weight excluding hydrogens is 414 g/mol. The number of nitrogens with zero attached hydrogens (tertiary/aromatic N) is 4. The summed E-state index contributed by atoms with van der Waals surface area (Å²) in [7, 11) is 0. The van der Waals surface area contributed by atoms with Crippen molar-refractivity contribution in [2.75, 3.05) is 5.75 Å². The third-order valence-electron chi connectivity index (χ3n) is 4.68. The molecule has 156 valence electrons. The summed E-state index contributed by atoms with van der Waals surface area (Å²) in [4.78, 5) is 27.6. The van der Waals surface area contributed by atoms with Crippen LogP contribution in [0.2, 0.25) is 0 Å². The van der Waals surface area contributed by atoms with Gasteiger partial charge in [0.25, 0.3) is 5.22 Å². The molecule has 0 saturated carbocycles. The Morgan fingerprint density at radius 2 is 1.58 bits per heavy atom. The van der Waals surface area contributed by atoms with Gasteiger partial charge in [0.05, 0.1) is 34.4 Å². The van der Waals surface area contributed by atoms with Crippen molar-refractivity contribution in [2.45, 2.75) is 24.6 Å². The lowest BCUT2D eigenvalue weighted by molar-refractivity contribution is -0.118. The number of carbonyl (C=O) groups excluding carboxylic acids is 1. The van der Waals surface area contributed by atoms with Gasteiger partial charge in [0.1, 0.15) is 11.6 Å². The molecule has 5 aromatic rings. The highest BCUT2D eigenvalue weighted by molar-refractivity contribution is 7.99. The van der Waals surface area contributed by atoms with Gasteiger partial charge in [-0.25, -0.2) is 9.97 Å². The van der Waals surface area contributed by atoms with Crippen molar-refractivity contribution >= 4 is 39.7 Å². The maximum Gasteiger partial charge on any atom is 0.277 e. The smallest absolute Gasteiger partial charge is 0.277 e. The van der Waals surface area contributed by atoms with Crippen LogP contribution < -0.4 is 5.32 Å². The largest absolute Gasteiger partial charge is 0.416 e. The molecule has 0 atom stereocenters. The Morgan fingerprint density at radius 3 is 2.32 bits per heavy atom. The highest BCUT2D eigenvalue weighted by Gasteiger charge is 2.11. The van der Waals surface area contributed by atoms with Crippen molar-refractivity contribution in [1.29, 1.82) is 0 Å². The summed E-state index contributed by atoms with van der Waals surface area (Å²) in [5, 5.41) is 11.3. The van der Waals surface area contributed by atoms with Crippen LogP contribution in [-0.4, -0.2) is 41.8 Å². The Bertz CT molecular complexity index is 1270. The number of hydrogen-bond acceptors (Lipinski definition) is 7. The van der Waals surface area contributed by atoms with Gasteiger partial charge < -0.3 is 19.7 Å². The van der Waals surface area contributed by atoms with Gasteiger partial charge in [-0.2, -0.15) is 0 Å². The van der Waals surface area contributed by atoms with Crippen LogP contribution in [0.15, 0.2) is 58.2 Å². The van der Waals surface area contributed by atoms with Crippen LogP contribution in [0.25, 0.3) is 22.1 Å². The van der Waals surface area contributed by atoms with Crippen molar-refractivity contribution in [1.82, 2.24) is 35.5 Å². The molecule has 0 bridgehead atoms. The molecule has 0 unspecified atom stereocenters. The molecule has 2 aromatic carbocycles. The monoisotopic (exact) mass is 433 g/mol. The van der Waals surface area contributed by atoms with Crippen LogP contribution in [0, 0.1) is 0 Å². The van der Waals surface area contributed by atoms with Gasteiger partial charge in [0.2, 0.25) is 11.8 Å². The minimum atomic E-state index is -0.132. The average Bonchev–Trinajstić information content (AvgIpc) is 3.52. The van der Waals surface area contributed by atoms with Gasteiger partial charge in [-0.1, -0.05) is 36.0 Å². The number of carbonyl (C=O) groups is 1. The fourth-order valence-corrected chi connectivity index (χ4v) is 3.81. The Morgan fingerprint density at radius 1 is 0.903 bits per heavy atom. The van der Waals surface area contributed by atoms with E-state index in [-0.39, 0.29) is 11.7 Å². The van der Waals surface area contributed by atoms with Crippen LogP contribution in [0.3, 0.4) is 0 Å². The maximum absolute atomic E-state index is 12.1. The lowest BCUT2D eigenvalue weighted by Gasteiger charge is -2.01. The molecule has 9 nitrogen and oxygen atoms in total. The predicted octanol–water partition coefficient (Wildman–Crippen LogP) is 3.02. The molecule has 3 aromatic heterocycles. The normalized spacial score (nSPS) is 11.4. The van der Waals surface area contributed by atoms with Crippen molar-refractivity contribution in [2.24, 2.45) is 0 Å². The first-order chi connectivity index (χ1) is 15.2.